The second kappa shape index (κ2) is 8.11. The topological polar surface area (TPSA) is 67.1 Å². The maximum absolute atomic E-state index is 4.32. The Kier molecular flexibility index (Phi) is 6.17. The van der Waals surface area contributed by atoms with Crippen LogP contribution in [0.15, 0.2) is 41.8 Å². The number of aromatic nitrogens is 3. The van der Waals surface area contributed by atoms with Crippen molar-refractivity contribution >= 4 is 29.9 Å². The average molecular weight is 412 g/mol. The molecule has 1 aliphatic rings. The number of nitrogens with zero attached hydrogens (tertiary/aromatic N) is 4. The van der Waals surface area contributed by atoms with Gasteiger partial charge in [0.1, 0.15) is 0 Å². The fourth-order valence-corrected chi connectivity index (χ4v) is 2.07. The second-order valence-electron chi connectivity index (χ2n) is 5.22. The molecule has 0 saturated heterocycles. The summed E-state index contributed by atoms with van der Waals surface area (Å²) in [6.45, 7) is 1.72. The van der Waals surface area contributed by atoms with E-state index >= 15 is 0 Å². The number of hydrogen-bond acceptors (Lipinski definition) is 3. The van der Waals surface area contributed by atoms with Gasteiger partial charge in [-0.05, 0) is 42.5 Å². The average Bonchev–Trinajstić information content (AvgIpc) is 3.19. The first-order valence-corrected chi connectivity index (χ1v) is 7.24. The third-order valence-electron chi connectivity index (χ3n) is 3.49. The van der Waals surface area contributed by atoms with Gasteiger partial charge in [-0.1, -0.05) is 0 Å². The third-order valence-corrected chi connectivity index (χ3v) is 3.49. The summed E-state index contributed by atoms with van der Waals surface area (Å²) in [4.78, 5) is 8.56. The van der Waals surface area contributed by atoms with Crippen molar-refractivity contribution in [3.8, 4) is 5.82 Å². The van der Waals surface area contributed by atoms with Crippen LogP contribution >= 0.6 is 24.0 Å². The van der Waals surface area contributed by atoms with E-state index in [1.165, 1.54) is 12.8 Å². The van der Waals surface area contributed by atoms with Crippen LogP contribution in [0, 0.1) is 5.92 Å². The predicted molar refractivity (Wildman–Crippen MR) is 97.7 cm³/mol. The molecule has 0 unspecified atom stereocenters. The van der Waals surface area contributed by atoms with Crippen LogP contribution in [-0.2, 0) is 6.54 Å². The quantitative estimate of drug-likeness (QED) is 0.448. The fourth-order valence-electron chi connectivity index (χ4n) is 2.07. The smallest absolute Gasteiger partial charge is 0.191 e. The Morgan fingerprint density at radius 2 is 2.23 bits per heavy atom. The molecule has 7 heteroatoms. The first-order chi connectivity index (χ1) is 10.3. The molecule has 0 bridgehead atoms. The van der Waals surface area contributed by atoms with Crippen LogP contribution in [0.1, 0.15) is 18.4 Å². The Morgan fingerprint density at radius 3 is 2.91 bits per heavy atom. The van der Waals surface area contributed by atoms with E-state index in [-0.39, 0.29) is 24.0 Å². The minimum Gasteiger partial charge on any atom is -0.356 e. The molecule has 118 valence electrons. The number of halogens is 1. The van der Waals surface area contributed by atoms with E-state index in [9.17, 15) is 0 Å². The molecule has 2 aromatic rings. The SMILES string of the molecule is CN=C(NCc1ccnc(-n2cccn2)c1)NCC1CC1.I. The van der Waals surface area contributed by atoms with E-state index in [1.807, 2.05) is 24.4 Å². The zero-order valence-corrected chi connectivity index (χ0v) is 14.9. The van der Waals surface area contributed by atoms with Gasteiger partial charge >= 0.3 is 0 Å². The molecule has 1 aliphatic carbocycles. The zero-order chi connectivity index (χ0) is 14.5. The molecule has 2 heterocycles. The van der Waals surface area contributed by atoms with Crippen molar-refractivity contribution in [3.63, 3.8) is 0 Å². The highest BCUT2D eigenvalue weighted by Crippen LogP contribution is 2.27. The third kappa shape index (κ3) is 4.69. The molecule has 0 amide bonds. The van der Waals surface area contributed by atoms with Crippen LogP contribution in [0.2, 0.25) is 0 Å². The molecule has 0 aliphatic heterocycles. The molecule has 0 spiro atoms. The number of rotatable bonds is 5. The van der Waals surface area contributed by atoms with Gasteiger partial charge in [-0.25, -0.2) is 9.67 Å². The second-order valence-corrected chi connectivity index (χ2v) is 5.22. The predicted octanol–water partition coefficient (Wildman–Crippen LogP) is 1.96. The number of nitrogens with one attached hydrogen (secondary N) is 2. The van der Waals surface area contributed by atoms with Gasteiger partial charge in [-0.3, -0.25) is 4.99 Å². The highest BCUT2D eigenvalue weighted by atomic mass is 127. The summed E-state index contributed by atoms with van der Waals surface area (Å²) in [6.07, 6.45) is 8.10. The number of hydrogen-bond donors (Lipinski definition) is 2. The molecule has 22 heavy (non-hydrogen) atoms. The summed E-state index contributed by atoms with van der Waals surface area (Å²) >= 11 is 0. The summed E-state index contributed by atoms with van der Waals surface area (Å²) in [6, 6.07) is 5.90. The summed E-state index contributed by atoms with van der Waals surface area (Å²) in [7, 11) is 1.80. The molecule has 0 atom stereocenters. The molecule has 0 radical (unpaired) electrons. The van der Waals surface area contributed by atoms with Crippen molar-refractivity contribution in [2.45, 2.75) is 19.4 Å². The van der Waals surface area contributed by atoms with Gasteiger partial charge in [0.15, 0.2) is 11.8 Å². The van der Waals surface area contributed by atoms with Crippen molar-refractivity contribution in [3.05, 3.63) is 42.4 Å². The van der Waals surface area contributed by atoms with Crippen molar-refractivity contribution in [1.29, 1.82) is 0 Å². The standard InChI is InChI=1S/C15H20N6.HI/c1-16-15(18-10-12-3-4-12)19-11-13-5-7-17-14(9-13)21-8-2-6-20-21;/h2,5-9,12H,3-4,10-11H2,1H3,(H2,16,18,19);1H. The van der Waals surface area contributed by atoms with Gasteiger partial charge < -0.3 is 10.6 Å². The van der Waals surface area contributed by atoms with Crippen molar-refractivity contribution in [1.82, 2.24) is 25.4 Å². The number of aliphatic imine (C=N–C) groups is 1. The van der Waals surface area contributed by atoms with Crippen molar-refractivity contribution in [2.75, 3.05) is 13.6 Å². The summed E-state index contributed by atoms with van der Waals surface area (Å²) in [5.74, 6) is 2.50. The summed E-state index contributed by atoms with van der Waals surface area (Å²) in [5.41, 5.74) is 1.14. The Hall–Kier alpha value is -1.64. The Morgan fingerprint density at radius 1 is 1.36 bits per heavy atom. The number of guanidine groups is 1. The lowest BCUT2D eigenvalue weighted by molar-refractivity contribution is 0.736. The van der Waals surface area contributed by atoms with E-state index in [0.717, 1.165) is 29.8 Å². The lowest BCUT2D eigenvalue weighted by atomic mass is 10.2. The molecule has 0 aromatic carbocycles. The Bertz CT molecular complexity index is 606. The van der Waals surface area contributed by atoms with E-state index < -0.39 is 0 Å². The highest BCUT2D eigenvalue weighted by molar-refractivity contribution is 14.0. The maximum Gasteiger partial charge on any atom is 0.191 e. The van der Waals surface area contributed by atoms with E-state index in [0.29, 0.717) is 6.54 Å². The van der Waals surface area contributed by atoms with Crippen molar-refractivity contribution in [2.24, 2.45) is 10.9 Å². The molecular weight excluding hydrogens is 391 g/mol. The normalized spacial score (nSPS) is 14.3. The maximum atomic E-state index is 4.32. The summed E-state index contributed by atoms with van der Waals surface area (Å²) in [5, 5.41) is 10.9. The lowest BCUT2D eigenvalue weighted by Crippen LogP contribution is -2.37. The van der Waals surface area contributed by atoms with E-state index in [1.54, 1.807) is 24.1 Å². The minimum atomic E-state index is 0. The largest absolute Gasteiger partial charge is 0.356 e. The van der Waals surface area contributed by atoms with E-state index in [4.69, 9.17) is 0 Å². The van der Waals surface area contributed by atoms with E-state index in [2.05, 4.69) is 25.7 Å². The molecule has 2 aromatic heterocycles. The zero-order valence-electron chi connectivity index (χ0n) is 12.6. The van der Waals surface area contributed by atoms with Crippen LogP contribution in [0.5, 0.6) is 0 Å². The first kappa shape index (κ1) is 16.7. The van der Waals surface area contributed by atoms with Gasteiger partial charge in [0, 0.05) is 38.7 Å². The fraction of sp³-hybridized carbons (Fsp3) is 0.400. The van der Waals surface area contributed by atoms with Crippen LogP contribution in [0.25, 0.3) is 5.82 Å². The van der Waals surface area contributed by atoms with Gasteiger partial charge in [-0.2, -0.15) is 5.10 Å². The Labute approximate surface area is 147 Å². The molecule has 6 nitrogen and oxygen atoms in total. The molecular formula is C15H21IN6. The molecule has 1 fully saturated rings. The first-order valence-electron chi connectivity index (χ1n) is 7.24. The van der Waals surface area contributed by atoms with Gasteiger partial charge in [0.2, 0.25) is 0 Å². The van der Waals surface area contributed by atoms with Gasteiger partial charge in [0.05, 0.1) is 0 Å². The molecule has 3 rings (SSSR count). The minimum absolute atomic E-state index is 0. The monoisotopic (exact) mass is 412 g/mol. The number of pyridine rings is 1. The molecule has 1 saturated carbocycles. The lowest BCUT2D eigenvalue weighted by Gasteiger charge is -2.12. The van der Waals surface area contributed by atoms with Crippen LogP contribution < -0.4 is 10.6 Å². The Balaban J connectivity index is 0.00000176. The van der Waals surface area contributed by atoms with Crippen LogP contribution in [0.4, 0.5) is 0 Å². The highest BCUT2D eigenvalue weighted by Gasteiger charge is 2.20. The van der Waals surface area contributed by atoms with Crippen LogP contribution in [-0.4, -0.2) is 34.3 Å². The molecule has 2 N–H and O–H groups in total. The van der Waals surface area contributed by atoms with Crippen molar-refractivity contribution < 1.29 is 0 Å². The summed E-state index contributed by atoms with van der Waals surface area (Å²) < 4.78 is 1.75. The van der Waals surface area contributed by atoms with Gasteiger partial charge in [0.25, 0.3) is 0 Å². The van der Waals surface area contributed by atoms with Gasteiger partial charge in [-0.15, -0.1) is 24.0 Å². The van der Waals surface area contributed by atoms with Crippen LogP contribution in [0.3, 0.4) is 0 Å².